The van der Waals surface area contributed by atoms with Crippen molar-refractivity contribution < 1.29 is 8.42 Å². The van der Waals surface area contributed by atoms with E-state index in [4.69, 9.17) is 0 Å². The van der Waals surface area contributed by atoms with Gasteiger partial charge in [0.05, 0.1) is 5.69 Å². The van der Waals surface area contributed by atoms with Crippen LogP contribution in [0, 0.1) is 6.92 Å². The Bertz CT molecular complexity index is 787. The monoisotopic (exact) mass is 316 g/mol. The van der Waals surface area contributed by atoms with Crippen molar-refractivity contribution in [2.24, 2.45) is 0 Å². The Morgan fingerprint density at radius 1 is 1.00 bits per heavy atom. The molecule has 1 aliphatic heterocycles. The normalized spacial score (nSPS) is 15.4. The van der Waals surface area contributed by atoms with Crippen LogP contribution < -0.4 is 4.31 Å². The summed E-state index contributed by atoms with van der Waals surface area (Å²) < 4.78 is 28.7. The van der Waals surface area contributed by atoms with Crippen molar-refractivity contribution in [2.75, 3.05) is 17.9 Å². The van der Waals surface area contributed by atoms with Crippen molar-refractivity contribution >= 4 is 15.9 Å². The Hall–Kier alpha value is -1.85. The molecular weight excluding hydrogens is 296 g/mol. The molecule has 0 saturated heterocycles. The van der Waals surface area contributed by atoms with E-state index in [1.807, 2.05) is 49.4 Å². The van der Waals surface area contributed by atoms with E-state index in [0.29, 0.717) is 13.1 Å². The molecule has 0 N–H and O–H groups in total. The van der Waals surface area contributed by atoms with Crippen LogP contribution in [0.2, 0.25) is 0 Å². The fourth-order valence-corrected chi connectivity index (χ4v) is 4.31. The highest BCUT2D eigenvalue weighted by Crippen LogP contribution is 2.26. The van der Waals surface area contributed by atoms with Crippen molar-refractivity contribution in [1.29, 1.82) is 0 Å². The molecule has 1 heterocycles. The Kier molecular flexibility index (Phi) is 3.93. The number of aryl methyl sites for hydroxylation is 1. The van der Waals surface area contributed by atoms with E-state index in [9.17, 15) is 8.42 Å². The number of hydrogen-bond acceptors (Lipinski definition) is 2. The fraction of sp³-hybridized carbons (Fsp3) is 0.294. The fourth-order valence-electron chi connectivity index (χ4n) is 2.88. The molecule has 1 aliphatic rings. The molecule has 116 valence electrons. The molecule has 0 amide bonds. The van der Waals surface area contributed by atoms with Crippen molar-refractivity contribution in [2.45, 2.75) is 19.9 Å². The highest BCUT2D eigenvalue weighted by atomic mass is 32.2. The van der Waals surface area contributed by atoms with Crippen LogP contribution in [-0.2, 0) is 23.2 Å². The van der Waals surface area contributed by atoms with Crippen LogP contribution in [0.1, 0.15) is 16.7 Å². The van der Waals surface area contributed by atoms with Crippen LogP contribution in [0.25, 0.3) is 0 Å². The van der Waals surface area contributed by atoms with Gasteiger partial charge in [-0.05, 0) is 36.1 Å². The number of fused-ring (bicyclic) bond motifs is 1. The summed E-state index contributed by atoms with van der Waals surface area (Å²) in [6.07, 6.45) is 0.761. The highest BCUT2D eigenvalue weighted by Gasteiger charge is 2.30. The third-order valence-electron chi connectivity index (χ3n) is 4.22. The first-order valence-electron chi connectivity index (χ1n) is 7.36. The SMILES string of the molecule is Cc1ccccc1N(C)S(=O)(=O)N1CCc2ccccc2C1. The van der Waals surface area contributed by atoms with Gasteiger partial charge in [0, 0.05) is 20.1 Å². The summed E-state index contributed by atoms with van der Waals surface area (Å²) in [6, 6.07) is 15.6. The van der Waals surface area contributed by atoms with Crippen molar-refractivity contribution in [3.05, 3.63) is 65.2 Å². The minimum absolute atomic E-state index is 0.439. The second-order valence-corrected chi connectivity index (χ2v) is 7.57. The van der Waals surface area contributed by atoms with E-state index in [-0.39, 0.29) is 0 Å². The van der Waals surface area contributed by atoms with Gasteiger partial charge in [-0.3, -0.25) is 4.31 Å². The zero-order valence-corrected chi connectivity index (χ0v) is 13.7. The maximum absolute atomic E-state index is 12.9. The van der Waals surface area contributed by atoms with Gasteiger partial charge in [-0.2, -0.15) is 12.7 Å². The Balaban J connectivity index is 1.90. The summed E-state index contributed by atoms with van der Waals surface area (Å²) in [4.78, 5) is 0. The first-order valence-corrected chi connectivity index (χ1v) is 8.76. The quantitative estimate of drug-likeness (QED) is 0.873. The van der Waals surface area contributed by atoms with Crippen molar-refractivity contribution in [3.63, 3.8) is 0 Å². The van der Waals surface area contributed by atoms with Gasteiger partial charge in [0.25, 0.3) is 0 Å². The Morgan fingerprint density at radius 2 is 1.64 bits per heavy atom. The van der Waals surface area contributed by atoms with Gasteiger partial charge >= 0.3 is 10.2 Å². The molecule has 0 saturated carbocycles. The van der Waals surface area contributed by atoms with Gasteiger partial charge in [0.2, 0.25) is 0 Å². The van der Waals surface area contributed by atoms with Gasteiger partial charge in [0.15, 0.2) is 0 Å². The number of rotatable bonds is 3. The molecule has 2 aromatic carbocycles. The van der Waals surface area contributed by atoms with Crippen LogP contribution in [0.3, 0.4) is 0 Å². The molecule has 0 aliphatic carbocycles. The number of para-hydroxylation sites is 1. The predicted molar refractivity (Wildman–Crippen MR) is 89.1 cm³/mol. The second kappa shape index (κ2) is 5.74. The number of benzene rings is 2. The lowest BCUT2D eigenvalue weighted by Crippen LogP contribution is -2.44. The molecule has 0 unspecified atom stereocenters. The molecule has 2 aromatic rings. The number of anilines is 1. The van der Waals surface area contributed by atoms with E-state index in [2.05, 4.69) is 6.07 Å². The highest BCUT2D eigenvalue weighted by molar-refractivity contribution is 7.90. The van der Waals surface area contributed by atoms with Gasteiger partial charge in [-0.15, -0.1) is 0 Å². The summed E-state index contributed by atoms with van der Waals surface area (Å²) in [5, 5.41) is 0. The standard InChI is InChI=1S/C17H20N2O2S/c1-14-7-3-6-10-17(14)18(2)22(20,21)19-12-11-15-8-4-5-9-16(15)13-19/h3-10H,11-13H2,1-2H3. The molecule has 5 heteroatoms. The smallest absolute Gasteiger partial charge is 0.260 e. The van der Waals surface area contributed by atoms with Gasteiger partial charge < -0.3 is 0 Å². The van der Waals surface area contributed by atoms with Crippen molar-refractivity contribution in [1.82, 2.24) is 4.31 Å². The molecule has 4 nitrogen and oxygen atoms in total. The molecule has 22 heavy (non-hydrogen) atoms. The summed E-state index contributed by atoms with van der Waals surface area (Å²) in [6.45, 7) is 2.89. The van der Waals surface area contributed by atoms with E-state index in [0.717, 1.165) is 23.2 Å². The van der Waals surface area contributed by atoms with Crippen LogP contribution >= 0.6 is 0 Å². The van der Waals surface area contributed by atoms with Gasteiger partial charge in [0.1, 0.15) is 0 Å². The molecule has 0 fully saturated rings. The molecular formula is C17H20N2O2S. The number of nitrogens with zero attached hydrogens (tertiary/aromatic N) is 2. The van der Waals surface area contributed by atoms with Gasteiger partial charge in [-0.1, -0.05) is 42.5 Å². The lowest BCUT2D eigenvalue weighted by atomic mass is 10.0. The molecule has 3 rings (SSSR count). The summed E-state index contributed by atoms with van der Waals surface area (Å²) in [5.74, 6) is 0. The summed E-state index contributed by atoms with van der Waals surface area (Å²) in [7, 11) is -1.89. The maximum Gasteiger partial charge on any atom is 0.304 e. The van der Waals surface area contributed by atoms with Crippen LogP contribution in [0.4, 0.5) is 5.69 Å². The average Bonchev–Trinajstić information content (AvgIpc) is 2.54. The average molecular weight is 316 g/mol. The van der Waals surface area contributed by atoms with Crippen LogP contribution in [0.15, 0.2) is 48.5 Å². The van der Waals surface area contributed by atoms with Gasteiger partial charge in [-0.25, -0.2) is 0 Å². The van der Waals surface area contributed by atoms with E-state index in [1.54, 1.807) is 11.4 Å². The molecule has 0 spiro atoms. The van der Waals surface area contributed by atoms with E-state index >= 15 is 0 Å². The predicted octanol–water partition coefficient (Wildman–Crippen LogP) is 2.73. The third kappa shape index (κ3) is 2.62. The minimum Gasteiger partial charge on any atom is -0.260 e. The third-order valence-corrected chi connectivity index (χ3v) is 6.08. The Labute approximate surface area is 132 Å². The second-order valence-electron chi connectivity index (χ2n) is 5.61. The topological polar surface area (TPSA) is 40.6 Å². The first kappa shape index (κ1) is 15.1. The lowest BCUT2D eigenvalue weighted by Gasteiger charge is -2.32. The Morgan fingerprint density at radius 3 is 2.36 bits per heavy atom. The summed E-state index contributed by atoms with van der Waals surface area (Å²) in [5.41, 5.74) is 4.01. The lowest BCUT2D eigenvalue weighted by molar-refractivity contribution is 0.390. The minimum atomic E-state index is -3.51. The molecule has 0 radical (unpaired) electrons. The first-order chi connectivity index (χ1) is 10.5. The summed E-state index contributed by atoms with van der Waals surface area (Å²) >= 11 is 0. The molecule has 0 bridgehead atoms. The molecule has 0 aromatic heterocycles. The van der Waals surface area contributed by atoms with Crippen LogP contribution in [-0.4, -0.2) is 26.3 Å². The van der Waals surface area contributed by atoms with E-state index < -0.39 is 10.2 Å². The maximum atomic E-state index is 12.9. The zero-order chi connectivity index (χ0) is 15.7. The van der Waals surface area contributed by atoms with Crippen LogP contribution in [0.5, 0.6) is 0 Å². The molecule has 0 atom stereocenters. The van der Waals surface area contributed by atoms with E-state index in [1.165, 1.54) is 9.87 Å². The zero-order valence-electron chi connectivity index (χ0n) is 12.9. The largest absolute Gasteiger partial charge is 0.304 e. The number of hydrogen-bond donors (Lipinski definition) is 0. The van der Waals surface area contributed by atoms with Crippen molar-refractivity contribution in [3.8, 4) is 0 Å².